The number of methoxy groups -OCH3 is 1. The summed E-state index contributed by atoms with van der Waals surface area (Å²) in [5.74, 6) is 1.73. The van der Waals surface area contributed by atoms with Crippen LogP contribution in [0.2, 0.25) is 0 Å². The van der Waals surface area contributed by atoms with Crippen LogP contribution in [0.3, 0.4) is 0 Å². The lowest BCUT2D eigenvalue weighted by molar-refractivity contribution is -0.0652. The largest absolute Gasteiger partial charge is 0.493 e. The van der Waals surface area contributed by atoms with Gasteiger partial charge in [-0.25, -0.2) is 0 Å². The first-order chi connectivity index (χ1) is 12.5. The van der Waals surface area contributed by atoms with Crippen LogP contribution in [0.4, 0.5) is 0 Å². The van der Waals surface area contributed by atoms with Crippen molar-refractivity contribution in [2.24, 2.45) is 5.92 Å². The van der Waals surface area contributed by atoms with E-state index < -0.39 is 0 Å². The van der Waals surface area contributed by atoms with Crippen LogP contribution < -0.4 is 4.74 Å². The molecule has 2 aromatic rings. The van der Waals surface area contributed by atoms with E-state index in [2.05, 4.69) is 18.7 Å². The average molecular weight is 356 g/mol. The van der Waals surface area contributed by atoms with E-state index in [1.807, 2.05) is 29.2 Å². The zero-order valence-corrected chi connectivity index (χ0v) is 16.0. The molecular formula is C21H28N2O3. The molecule has 0 bridgehead atoms. The van der Waals surface area contributed by atoms with Gasteiger partial charge in [-0.15, -0.1) is 0 Å². The summed E-state index contributed by atoms with van der Waals surface area (Å²) in [5.41, 5.74) is 0.831. The number of rotatable bonds is 4. The van der Waals surface area contributed by atoms with Gasteiger partial charge in [0.2, 0.25) is 0 Å². The fraction of sp³-hybridized carbons (Fsp3) is 0.571. The molecule has 1 amide bonds. The third-order valence-electron chi connectivity index (χ3n) is 5.88. The summed E-state index contributed by atoms with van der Waals surface area (Å²) in [6, 6.07) is 7.56. The molecule has 0 aliphatic carbocycles. The molecule has 140 valence electrons. The number of fused-ring (bicyclic) bond motifs is 1. The fourth-order valence-corrected chi connectivity index (χ4v) is 4.52. The number of para-hydroxylation sites is 1. The Morgan fingerprint density at radius 1 is 1.31 bits per heavy atom. The van der Waals surface area contributed by atoms with E-state index in [1.165, 1.54) is 12.8 Å². The number of carbonyl (C=O) groups is 1. The smallest absolute Gasteiger partial charge is 0.289 e. The summed E-state index contributed by atoms with van der Waals surface area (Å²) >= 11 is 0. The van der Waals surface area contributed by atoms with Crippen LogP contribution in [0.15, 0.2) is 28.7 Å². The van der Waals surface area contributed by atoms with Crippen molar-refractivity contribution in [2.45, 2.75) is 38.6 Å². The number of carbonyl (C=O) groups excluding carboxylic acids is 1. The molecule has 5 nitrogen and oxygen atoms in total. The van der Waals surface area contributed by atoms with Crippen molar-refractivity contribution in [2.75, 3.05) is 33.3 Å². The average Bonchev–Trinajstić information content (AvgIpc) is 3.09. The quantitative estimate of drug-likeness (QED) is 0.836. The maximum absolute atomic E-state index is 13.1. The predicted octanol–water partition coefficient (Wildman–Crippen LogP) is 3.78. The normalized spacial score (nSPS) is 23.6. The molecule has 3 heterocycles. The van der Waals surface area contributed by atoms with E-state index in [1.54, 1.807) is 7.11 Å². The van der Waals surface area contributed by atoms with Crippen LogP contribution in [0.25, 0.3) is 11.0 Å². The molecule has 4 rings (SSSR count). The van der Waals surface area contributed by atoms with Gasteiger partial charge in [0.1, 0.15) is 0 Å². The van der Waals surface area contributed by atoms with Crippen molar-refractivity contribution in [3.05, 3.63) is 30.0 Å². The highest BCUT2D eigenvalue weighted by atomic mass is 16.5. The monoisotopic (exact) mass is 356 g/mol. The van der Waals surface area contributed by atoms with E-state index in [0.29, 0.717) is 23.0 Å². The van der Waals surface area contributed by atoms with Crippen LogP contribution in [-0.4, -0.2) is 54.5 Å². The maximum Gasteiger partial charge on any atom is 0.289 e. The molecule has 1 unspecified atom stereocenters. The molecule has 1 spiro atoms. The van der Waals surface area contributed by atoms with Crippen molar-refractivity contribution in [1.82, 2.24) is 9.80 Å². The minimum absolute atomic E-state index is 0.00118. The topological polar surface area (TPSA) is 45.9 Å². The second-order valence-corrected chi connectivity index (χ2v) is 8.13. The highest BCUT2D eigenvalue weighted by Gasteiger charge is 2.48. The van der Waals surface area contributed by atoms with Gasteiger partial charge in [0, 0.05) is 37.1 Å². The molecule has 2 aliphatic rings. The van der Waals surface area contributed by atoms with Crippen molar-refractivity contribution >= 4 is 16.9 Å². The van der Waals surface area contributed by atoms with Gasteiger partial charge in [0.15, 0.2) is 17.1 Å². The molecule has 1 aromatic heterocycles. The summed E-state index contributed by atoms with van der Waals surface area (Å²) in [4.78, 5) is 17.7. The van der Waals surface area contributed by atoms with E-state index in [0.717, 1.165) is 38.0 Å². The van der Waals surface area contributed by atoms with Crippen molar-refractivity contribution in [1.29, 1.82) is 0 Å². The van der Waals surface area contributed by atoms with Gasteiger partial charge in [-0.05, 0) is 37.3 Å². The van der Waals surface area contributed by atoms with Gasteiger partial charge in [-0.2, -0.15) is 0 Å². The first-order valence-corrected chi connectivity index (χ1v) is 9.63. The molecule has 1 atom stereocenters. The molecule has 2 aliphatic heterocycles. The van der Waals surface area contributed by atoms with Crippen molar-refractivity contribution < 1.29 is 13.9 Å². The number of furan rings is 1. The molecule has 26 heavy (non-hydrogen) atoms. The summed E-state index contributed by atoms with van der Waals surface area (Å²) in [6.45, 7) is 8.42. The Morgan fingerprint density at radius 3 is 2.85 bits per heavy atom. The third-order valence-corrected chi connectivity index (χ3v) is 5.88. The predicted molar refractivity (Wildman–Crippen MR) is 102 cm³/mol. The molecule has 5 heteroatoms. The first-order valence-electron chi connectivity index (χ1n) is 9.63. The van der Waals surface area contributed by atoms with Gasteiger partial charge in [-0.3, -0.25) is 9.69 Å². The second kappa shape index (κ2) is 6.62. The van der Waals surface area contributed by atoms with E-state index in [4.69, 9.17) is 9.15 Å². The minimum Gasteiger partial charge on any atom is -0.493 e. The Balaban J connectivity index is 1.55. The van der Waals surface area contributed by atoms with Crippen LogP contribution in [0.1, 0.15) is 43.7 Å². The lowest BCUT2D eigenvalue weighted by atomic mass is 9.77. The zero-order valence-electron chi connectivity index (χ0n) is 16.0. The Morgan fingerprint density at radius 2 is 2.15 bits per heavy atom. The number of nitrogens with zero attached hydrogens (tertiary/aromatic N) is 2. The summed E-state index contributed by atoms with van der Waals surface area (Å²) in [7, 11) is 1.62. The number of benzene rings is 1. The molecule has 1 aromatic carbocycles. The molecule has 2 fully saturated rings. The molecule has 0 N–H and O–H groups in total. The summed E-state index contributed by atoms with van der Waals surface area (Å²) in [6.07, 6.45) is 3.44. The van der Waals surface area contributed by atoms with Crippen LogP contribution >= 0.6 is 0 Å². The van der Waals surface area contributed by atoms with E-state index in [-0.39, 0.29) is 11.4 Å². The molecule has 0 saturated carbocycles. The highest BCUT2D eigenvalue weighted by molar-refractivity contribution is 5.97. The van der Waals surface area contributed by atoms with Gasteiger partial charge < -0.3 is 14.1 Å². The lowest BCUT2D eigenvalue weighted by Crippen LogP contribution is -2.67. The van der Waals surface area contributed by atoms with Gasteiger partial charge in [0.05, 0.1) is 7.11 Å². The Kier molecular flexibility index (Phi) is 4.43. The Bertz CT molecular complexity index is 813. The summed E-state index contributed by atoms with van der Waals surface area (Å²) in [5, 5.41) is 0.907. The van der Waals surface area contributed by atoms with Crippen molar-refractivity contribution in [3.8, 4) is 5.75 Å². The van der Waals surface area contributed by atoms with Crippen molar-refractivity contribution in [3.63, 3.8) is 0 Å². The highest BCUT2D eigenvalue weighted by Crippen LogP contribution is 2.39. The Labute approximate surface area is 154 Å². The minimum atomic E-state index is -0.00118. The van der Waals surface area contributed by atoms with Crippen LogP contribution in [0, 0.1) is 5.92 Å². The number of likely N-dealkylation sites (tertiary alicyclic amines) is 2. The second-order valence-electron chi connectivity index (χ2n) is 8.13. The number of piperidine rings is 1. The molecule has 2 saturated heterocycles. The zero-order chi connectivity index (χ0) is 18.3. The van der Waals surface area contributed by atoms with Crippen LogP contribution in [0.5, 0.6) is 5.75 Å². The van der Waals surface area contributed by atoms with Gasteiger partial charge in [0.25, 0.3) is 5.91 Å². The molecule has 0 radical (unpaired) electrons. The van der Waals surface area contributed by atoms with Gasteiger partial charge in [-0.1, -0.05) is 26.0 Å². The van der Waals surface area contributed by atoms with Gasteiger partial charge >= 0.3 is 0 Å². The number of amides is 1. The van der Waals surface area contributed by atoms with E-state index >= 15 is 0 Å². The first kappa shape index (κ1) is 17.4. The molecular weight excluding hydrogens is 328 g/mol. The third kappa shape index (κ3) is 2.88. The Hall–Kier alpha value is -2.01. The number of hydrogen-bond acceptors (Lipinski definition) is 4. The SMILES string of the molecule is COc1cccc2cc(C(=O)N3CCCC4(CCN4CC(C)C)C3)oc12. The van der Waals surface area contributed by atoms with E-state index in [9.17, 15) is 4.79 Å². The summed E-state index contributed by atoms with van der Waals surface area (Å²) < 4.78 is 11.2. The van der Waals surface area contributed by atoms with Crippen LogP contribution in [-0.2, 0) is 0 Å². The fourth-order valence-electron chi connectivity index (χ4n) is 4.52. The lowest BCUT2D eigenvalue weighted by Gasteiger charge is -2.57. The standard InChI is InChI=1S/C21H28N2O3/c1-15(2)13-23-11-9-21(23)8-5-10-22(14-21)20(24)18-12-16-6-4-7-17(25-3)19(16)26-18/h4,6-7,12,15H,5,8-11,13-14H2,1-3H3. The maximum atomic E-state index is 13.1. The number of hydrogen-bond donors (Lipinski definition) is 0. The number of ether oxygens (including phenoxy) is 1.